The van der Waals surface area contributed by atoms with E-state index in [1.165, 1.54) is 13.0 Å². The van der Waals surface area contributed by atoms with Crippen LogP contribution in [-0.2, 0) is 20.9 Å². The lowest BCUT2D eigenvalue weighted by Crippen LogP contribution is -2.36. The third-order valence-electron chi connectivity index (χ3n) is 6.76. The number of carbonyl (C=O) groups excluding carboxylic acids is 1. The Kier molecular flexibility index (Phi) is 6.62. The van der Waals surface area contributed by atoms with Crippen LogP contribution in [0.4, 0.5) is 11.4 Å². The minimum absolute atomic E-state index is 0.0383. The number of hydrogen-bond acceptors (Lipinski definition) is 7. The fourth-order valence-corrected chi connectivity index (χ4v) is 4.99. The van der Waals surface area contributed by atoms with Gasteiger partial charge in [-0.2, -0.15) is 0 Å². The van der Waals surface area contributed by atoms with Crippen LogP contribution in [0.25, 0.3) is 21.8 Å². The fraction of sp³-hybridized carbons (Fsp3) is 0.286. The number of benzene rings is 3. The molecule has 0 N–H and O–H groups in total. The van der Waals surface area contributed by atoms with Crippen molar-refractivity contribution in [2.75, 3.05) is 31.2 Å². The number of nitro groups is 1. The van der Waals surface area contributed by atoms with Gasteiger partial charge in [-0.1, -0.05) is 17.3 Å². The number of rotatable bonds is 6. The molecule has 0 bridgehead atoms. The van der Waals surface area contributed by atoms with Gasteiger partial charge < -0.3 is 19.0 Å². The van der Waals surface area contributed by atoms with Crippen LogP contribution >= 0.6 is 0 Å². The number of nitro benzene ring substituents is 1. The van der Waals surface area contributed by atoms with Crippen LogP contribution in [0.15, 0.2) is 59.8 Å². The van der Waals surface area contributed by atoms with E-state index in [0.29, 0.717) is 25.5 Å². The minimum Gasteiger partial charge on any atom is -0.378 e. The molecule has 1 fully saturated rings. The molecule has 1 saturated heterocycles. The van der Waals surface area contributed by atoms with Crippen LogP contribution in [0, 0.1) is 17.0 Å². The third kappa shape index (κ3) is 4.65. The highest BCUT2D eigenvalue weighted by atomic mass is 16.7. The van der Waals surface area contributed by atoms with Crippen molar-refractivity contribution in [3.8, 4) is 0 Å². The molecule has 0 unspecified atom stereocenters. The SMILES string of the molecule is CCn1c2ccc(C(=NOC(C)=O)c3ccc(N4CCOCC4)cc3C)cc2c2cc([N+](=O)[O-])ccc21. The largest absolute Gasteiger partial charge is 0.378 e. The van der Waals surface area contributed by atoms with Crippen molar-refractivity contribution in [2.24, 2.45) is 5.16 Å². The standard InChI is InChI=1S/C28H28N4O5/c1-4-31-26-9-5-20(16-24(26)25-17-22(32(34)35)7-10-27(25)31)28(29-37-19(3)33)23-8-6-21(15-18(23)2)30-11-13-36-14-12-30/h5-10,15-17H,4,11-14H2,1-3H3. The first-order valence-corrected chi connectivity index (χ1v) is 12.3. The number of oxime groups is 1. The first-order valence-electron chi connectivity index (χ1n) is 12.3. The van der Waals surface area contributed by atoms with Gasteiger partial charge >= 0.3 is 5.97 Å². The Hall–Kier alpha value is -4.24. The van der Waals surface area contributed by atoms with Crippen LogP contribution in [-0.4, -0.2) is 47.5 Å². The van der Waals surface area contributed by atoms with Gasteiger partial charge in [0.15, 0.2) is 0 Å². The molecule has 1 aliphatic heterocycles. The monoisotopic (exact) mass is 500 g/mol. The van der Waals surface area contributed by atoms with Crippen molar-refractivity contribution in [3.63, 3.8) is 0 Å². The molecule has 9 heteroatoms. The summed E-state index contributed by atoms with van der Waals surface area (Å²) >= 11 is 0. The van der Waals surface area contributed by atoms with Crippen molar-refractivity contribution in [2.45, 2.75) is 27.3 Å². The number of non-ortho nitro benzene ring substituents is 1. The van der Waals surface area contributed by atoms with Crippen molar-refractivity contribution in [1.29, 1.82) is 0 Å². The number of ether oxygens (including phenoxy) is 1. The summed E-state index contributed by atoms with van der Waals surface area (Å²) in [4.78, 5) is 30.2. The van der Waals surface area contributed by atoms with E-state index in [9.17, 15) is 14.9 Å². The van der Waals surface area contributed by atoms with Gasteiger partial charge in [-0.25, -0.2) is 4.79 Å². The predicted octanol–water partition coefficient (Wildman–Crippen LogP) is 5.18. The van der Waals surface area contributed by atoms with Gasteiger partial charge in [0.2, 0.25) is 0 Å². The molecule has 5 rings (SSSR count). The molecule has 190 valence electrons. The van der Waals surface area contributed by atoms with E-state index >= 15 is 0 Å². The number of carbonyl (C=O) groups is 1. The maximum absolute atomic E-state index is 11.7. The molecule has 0 aliphatic carbocycles. The lowest BCUT2D eigenvalue weighted by Gasteiger charge is -2.29. The molecule has 1 aliphatic rings. The number of morpholine rings is 1. The summed E-state index contributed by atoms with van der Waals surface area (Å²) in [6.45, 7) is 9.14. The van der Waals surface area contributed by atoms with Crippen molar-refractivity contribution in [3.05, 3.63) is 81.4 Å². The summed E-state index contributed by atoms with van der Waals surface area (Å²) in [5, 5.41) is 17.4. The lowest BCUT2D eigenvalue weighted by molar-refractivity contribution is -0.384. The second-order valence-electron chi connectivity index (χ2n) is 9.06. The van der Waals surface area contributed by atoms with Crippen LogP contribution < -0.4 is 4.90 Å². The van der Waals surface area contributed by atoms with Gasteiger partial charge in [-0.15, -0.1) is 0 Å². The van der Waals surface area contributed by atoms with Crippen molar-refractivity contribution < 1.29 is 19.3 Å². The van der Waals surface area contributed by atoms with E-state index in [-0.39, 0.29) is 10.6 Å². The molecule has 3 aromatic carbocycles. The van der Waals surface area contributed by atoms with E-state index in [1.807, 2.05) is 44.2 Å². The van der Waals surface area contributed by atoms with Gasteiger partial charge in [0.05, 0.1) is 18.1 Å². The zero-order chi connectivity index (χ0) is 26.1. The predicted molar refractivity (Wildman–Crippen MR) is 143 cm³/mol. The Bertz CT molecular complexity index is 1550. The molecular formula is C28H28N4O5. The summed E-state index contributed by atoms with van der Waals surface area (Å²) in [6, 6.07) is 17.0. The van der Waals surface area contributed by atoms with E-state index in [4.69, 9.17) is 9.57 Å². The normalized spacial score (nSPS) is 14.4. The van der Waals surface area contributed by atoms with Gasteiger partial charge in [-0.05, 0) is 49.7 Å². The lowest BCUT2D eigenvalue weighted by atomic mass is 9.96. The quantitative estimate of drug-likeness (QED) is 0.157. The van der Waals surface area contributed by atoms with Crippen LogP contribution in [0.1, 0.15) is 30.5 Å². The summed E-state index contributed by atoms with van der Waals surface area (Å²) < 4.78 is 7.60. The number of aromatic nitrogens is 1. The first kappa shape index (κ1) is 24.5. The Morgan fingerprint density at radius 3 is 2.41 bits per heavy atom. The second-order valence-corrected chi connectivity index (χ2v) is 9.06. The molecule has 2 heterocycles. The number of nitrogens with zero attached hydrogens (tertiary/aromatic N) is 4. The highest BCUT2D eigenvalue weighted by molar-refractivity contribution is 6.17. The highest BCUT2D eigenvalue weighted by Gasteiger charge is 2.19. The Balaban J connectivity index is 1.65. The van der Waals surface area contributed by atoms with Crippen LogP contribution in [0.3, 0.4) is 0 Å². The Morgan fingerprint density at radius 2 is 1.76 bits per heavy atom. The van der Waals surface area contributed by atoms with E-state index in [2.05, 4.69) is 20.7 Å². The van der Waals surface area contributed by atoms with E-state index in [1.54, 1.807) is 12.1 Å². The third-order valence-corrected chi connectivity index (χ3v) is 6.76. The minimum atomic E-state index is -0.514. The molecule has 37 heavy (non-hydrogen) atoms. The molecule has 0 radical (unpaired) electrons. The fourth-order valence-electron chi connectivity index (χ4n) is 4.99. The maximum Gasteiger partial charge on any atom is 0.332 e. The zero-order valence-electron chi connectivity index (χ0n) is 21.1. The summed E-state index contributed by atoms with van der Waals surface area (Å²) in [5.74, 6) is -0.514. The topological polar surface area (TPSA) is 99.2 Å². The number of fused-ring (bicyclic) bond motifs is 3. The summed E-state index contributed by atoms with van der Waals surface area (Å²) in [7, 11) is 0. The first-order chi connectivity index (χ1) is 17.9. The summed E-state index contributed by atoms with van der Waals surface area (Å²) in [6.07, 6.45) is 0. The van der Waals surface area contributed by atoms with Gasteiger partial charge in [0, 0.05) is 77.3 Å². The average Bonchev–Trinajstić information content (AvgIpc) is 3.22. The molecule has 0 spiro atoms. The van der Waals surface area contributed by atoms with E-state index < -0.39 is 5.97 Å². The maximum atomic E-state index is 11.7. The van der Waals surface area contributed by atoms with Crippen molar-refractivity contribution >= 4 is 44.9 Å². The van der Waals surface area contributed by atoms with E-state index in [0.717, 1.165) is 57.3 Å². The molecule has 0 saturated carbocycles. The summed E-state index contributed by atoms with van der Waals surface area (Å²) in [5.41, 5.74) is 6.12. The molecular weight excluding hydrogens is 472 g/mol. The molecule has 0 atom stereocenters. The second kappa shape index (κ2) is 10.0. The molecule has 9 nitrogen and oxygen atoms in total. The molecule has 4 aromatic rings. The van der Waals surface area contributed by atoms with Gasteiger partial charge in [0.25, 0.3) is 5.69 Å². The van der Waals surface area contributed by atoms with Gasteiger partial charge in [0.1, 0.15) is 5.71 Å². The zero-order valence-corrected chi connectivity index (χ0v) is 21.1. The average molecular weight is 501 g/mol. The van der Waals surface area contributed by atoms with Gasteiger partial charge in [-0.3, -0.25) is 10.1 Å². The number of anilines is 1. The smallest absolute Gasteiger partial charge is 0.332 e. The molecule has 1 aromatic heterocycles. The van der Waals surface area contributed by atoms with Crippen molar-refractivity contribution in [1.82, 2.24) is 4.57 Å². The number of aryl methyl sites for hydroxylation is 2. The Labute approximate surface area is 214 Å². The van der Waals surface area contributed by atoms with Crippen LogP contribution in [0.2, 0.25) is 0 Å². The molecule has 0 amide bonds. The highest BCUT2D eigenvalue weighted by Crippen LogP contribution is 2.33. The Morgan fingerprint density at radius 1 is 1.05 bits per heavy atom. The number of hydrogen-bond donors (Lipinski definition) is 0. The van der Waals surface area contributed by atoms with Crippen LogP contribution in [0.5, 0.6) is 0 Å².